The zero-order chi connectivity index (χ0) is 14.8. The fraction of sp³-hybridized carbons (Fsp3) is 0.667. The summed E-state index contributed by atoms with van der Waals surface area (Å²) < 4.78 is 0. The Morgan fingerprint density at radius 2 is 2.00 bits per heavy atom. The summed E-state index contributed by atoms with van der Waals surface area (Å²) in [6.07, 6.45) is 4.91. The van der Waals surface area contributed by atoms with Crippen molar-refractivity contribution in [2.45, 2.75) is 51.6 Å². The summed E-state index contributed by atoms with van der Waals surface area (Å²) in [6.45, 7) is 9.29. The van der Waals surface area contributed by atoms with Gasteiger partial charge in [0.1, 0.15) is 5.75 Å². The van der Waals surface area contributed by atoms with Crippen molar-refractivity contribution in [1.29, 1.82) is 0 Å². The van der Waals surface area contributed by atoms with Crippen molar-refractivity contribution in [3.05, 3.63) is 29.3 Å². The Morgan fingerprint density at radius 3 is 2.71 bits per heavy atom. The van der Waals surface area contributed by atoms with Gasteiger partial charge in [-0.05, 0) is 55.9 Å². The third-order valence-electron chi connectivity index (χ3n) is 5.42. The van der Waals surface area contributed by atoms with E-state index in [0.29, 0.717) is 17.8 Å². The summed E-state index contributed by atoms with van der Waals surface area (Å²) in [7, 11) is 0. The minimum atomic E-state index is 0.416. The Morgan fingerprint density at radius 1 is 1.24 bits per heavy atom. The van der Waals surface area contributed by atoms with Crippen LogP contribution in [0.4, 0.5) is 0 Å². The molecule has 3 heteroatoms. The topological polar surface area (TPSA) is 26.7 Å². The maximum atomic E-state index is 9.82. The highest BCUT2D eigenvalue weighted by molar-refractivity contribution is 5.38. The monoisotopic (exact) mass is 288 g/mol. The largest absolute Gasteiger partial charge is 0.508 e. The number of nitrogens with zero attached hydrogens (tertiary/aromatic N) is 2. The lowest BCUT2D eigenvalue weighted by Gasteiger charge is -2.43. The average Bonchev–Trinajstić information content (AvgIpc) is 2.53. The van der Waals surface area contributed by atoms with Crippen LogP contribution in [0.5, 0.6) is 5.75 Å². The molecule has 1 aromatic rings. The van der Waals surface area contributed by atoms with Gasteiger partial charge in [0, 0.05) is 38.3 Å². The first kappa shape index (κ1) is 14.9. The van der Waals surface area contributed by atoms with Crippen molar-refractivity contribution < 1.29 is 5.11 Å². The molecule has 0 saturated carbocycles. The van der Waals surface area contributed by atoms with Gasteiger partial charge in [-0.25, -0.2) is 0 Å². The number of fused-ring (bicyclic) bond motifs is 1. The van der Waals surface area contributed by atoms with Gasteiger partial charge in [0.2, 0.25) is 0 Å². The highest BCUT2D eigenvalue weighted by atomic mass is 16.3. The molecular formula is C18H28N2O. The second kappa shape index (κ2) is 6.37. The standard InChI is InChI=1S/C18H28N2O/c1-3-14(2)19-9-11-20(12-10-19)18-6-4-5-15-7-8-16(21)13-17(15)18/h7-8,13-14,18,21H,3-6,9-12H2,1-2H3. The SMILES string of the molecule is CCC(C)N1CCN(C2CCCc3ccc(O)cc32)CC1. The van der Waals surface area contributed by atoms with Gasteiger partial charge in [0.25, 0.3) is 0 Å². The molecule has 2 aliphatic rings. The highest BCUT2D eigenvalue weighted by Gasteiger charge is 2.29. The molecule has 1 N–H and O–H groups in total. The molecule has 1 aliphatic heterocycles. The van der Waals surface area contributed by atoms with E-state index in [9.17, 15) is 5.11 Å². The number of piperazine rings is 1. The molecule has 21 heavy (non-hydrogen) atoms. The van der Waals surface area contributed by atoms with Crippen LogP contribution in [0, 0.1) is 0 Å². The van der Waals surface area contributed by atoms with Crippen molar-refractivity contribution in [3.63, 3.8) is 0 Å². The van der Waals surface area contributed by atoms with Crippen molar-refractivity contribution in [1.82, 2.24) is 9.80 Å². The average molecular weight is 288 g/mol. The number of phenols is 1. The van der Waals surface area contributed by atoms with Gasteiger partial charge >= 0.3 is 0 Å². The fourth-order valence-corrected chi connectivity index (χ4v) is 3.89. The van der Waals surface area contributed by atoms with Gasteiger partial charge in [-0.1, -0.05) is 13.0 Å². The maximum Gasteiger partial charge on any atom is 0.115 e. The summed E-state index contributed by atoms with van der Waals surface area (Å²) in [4.78, 5) is 5.25. The molecule has 0 amide bonds. The predicted octanol–water partition coefficient (Wildman–Crippen LogP) is 3.19. The molecule has 1 fully saturated rings. The Hall–Kier alpha value is -1.06. The van der Waals surface area contributed by atoms with E-state index in [-0.39, 0.29) is 0 Å². The minimum absolute atomic E-state index is 0.416. The minimum Gasteiger partial charge on any atom is -0.508 e. The third-order valence-corrected chi connectivity index (χ3v) is 5.42. The molecule has 2 atom stereocenters. The molecule has 2 unspecified atom stereocenters. The number of rotatable bonds is 3. The molecule has 116 valence electrons. The van der Waals surface area contributed by atoms with E-state index in [1.165, 1.54) is 49.9 Å². The van der Waals surface area contributed by atoms with Crippen LogP contribution in [-0.4, -0.2) is 47.1 Å². The van der Waals surface area contributed by atoms with Gasteiger partial charge in [-0.2, -0.15) is 0 Å². The molecule has 0 spiro atoms. The number of aromatic hydroxyl groups is 1. The van der Waals surface area contributed by atoms with Gasteiger partial charge < -0.3 is 5.11 Å². The summed E-state index contributed by atoms with van der Waals surface area (Å²) in [5.74, 6) is 0.416. The Bertz CT molecular complexity index is 480. The van der Waals surface area contributed by atoms with Crippen LogP contribution >= 0.6 is 0 Å². The Balaban J connectivity index is 1.71. The quantitative estimate of drug-likeness (QED) is 0.925. The second-order valence-electron chi connectivity index (χ2n) is 6.62. The summed E-state index contributed by atoms with van der Waals surface area (Å²) in [6, 6.07) is 7.17. The molecule has 1 saturated heterocycles. The third kappa shape index (κ3) is 3.09. The van der Waals surface area contributed by atoms with Crippen LogP contribution in [-0.2, 0) is 6.42 Å². The van der Waals surface area contributed by atoms with Gasteiger partial charge in [0.05, 0.1) is 0 Å². The molecule has 0 aromatic heterocycles. The van der Waals surface area contributed by atoms with E-state index in [1.54, 1.807) is 0 Å². The Labute approximate surface area is 128 Å². The Kier molecular flexibility index (Phi) is 4.51. The number of benzene rings is 1. The predicted molar refractivity (Wildman–Crippen MR) is 86.7 cm³/mol. The maximum absolute atomic E-state index is 9.82. The van der Waals surface area contributed by atoms with Gasteiger partial charge in [-0.15, -0.1) is 0 Å². The number of hydrogen-bond acceptors (Lipinski definition) is 3. The molecule has 3 nitrogen and oxygen atoms in total. The second-order valence-corrected chi connectivity index (χ2v) is 6.62. The normalized spacial score (nSPS) is 25.5. The smallest absolute Gasteiger partial charge is 0.115 e. The van der Waals surface area contributed by atoms with Crippen LogP contribution in [0.1, 0.15) is 50.3 Å². The lowest BCUT2D eigenvalue weighted by Crippen LogP contribution is -2.50. The van der Waals surface area contributed by atoms with Crippen LogP contribution < -0.4 is 0 Å². The summed E-state index contributed by atoms with van der Waals surface area (Å²) in [5, 5.41) is 9.82. The molecular weight excluding hydrogens is 260 g/mol. The van der Waals surface area contributed by atoms with Crippen LogP contribution in [0.3, 0.4) is 0 Å². The molecule has 1 aliphatic carbocycles. The van der Waals surface area contributed by atoms with E-state index in [1.807, 2.05) is 12.1 Å². The van der Waals surface area contributed by atoms with E-state index in [0.717, 1.165) is 13.1 Å². The van der Waals surface area contributed by atoms with Crippen LogP contribution in [0.2, 0.25) is 0 Å². The first-order chi connectivity index (χ1) is 10.2. The lowest BCUT2D eigenvalue weighted by molar-refractivity contribution is 0.0663. The molecule has 0 radical (unpaired) electrons. The van der Waals surface area contributed by atoms with E-state index < -0.39 is 0 Å². The first-order valence-corrected chi connectivity index (χ1v) is 8.49. The van der Waals surface area contributed by atoms with Crippen LogP contribution in [0.25, 0.3) is 0 Å². The van der Waals surface area contributed by atoms with Gasteiger partial charge in [0.15, 0.2) is 0 Å². The van der Waals surface area contributed by atoms with Crippen molar-refractivity contribution in [3.8, 4) is 5.75 Å². The van der Waals surface area contributed by atoms with E-state index >= 15 is 0 Å². The molecule has 3 rings (SSSR count). The zero-order valence-electron chi connectivity index (χ0n) is 13.4. The highest BCUT2D eigenvalue weighted by Crippen LogP contribution is 2.36. The van der Waals surface area contributed by atoms with E-state index in [4.69, 9.17) is 0 Å². The van der Waals surface area contributed by atoms with Crippen LogP contribution in [0.15, 0.2) is 18.2 Å². The number of aryl methyl sites for hydroxylation is 1. The first-order valence-electron chi connectivity index (χ1n) is 8.49. The van der Waals surface area contributed by atoms with Crippen molar-refractivity contribution in [2.75, 3.05) is 26.2 Å². The molecule has 1 heterocycles. The molecule has 0 bridgehead atoms. The van der Waals surface area contributed by atoms with Crippen molar-refractivity contribution in [2.24, 2.45) is 0 Å². The lowest BCUT2D eigenvalue weighted by atomic mass is 9.86. The number of hydrogen-bond donors (Lipinski definition) is 1. The fourth-order valence-electron chi connectivity index (χ4n) is 3.89. The summed E-state index contributed by atoms with van der Waals surface area (Å²) >= 11 is 0. The zero-order valence-corrected chi connectivity index (χ0v) is 13.4. The number of phenolic OH excluding ortho intramolecular Hbond substituents is 1. The van der Waals surface area contributed by atoms with Crippen molar-refractivity contribution >= 4 is 0 Å². The summed E-state index contributed by atoms with van der Waals surface area (Å²) in [5.41, 5.74) is 2.81. The van der Waals surface area contributed by atoms with Gasteiger partial charge in [-0.3, -0.25) is 9.80 Å². The van der Waals surface area contributed by atoms with E-state index in [2.05, 4.69) is 29.7 Å². The molecule has 1 aromatic carbocycles.